The van der Waals surface area contributed by atoms with Crippen LogP contribution in [0.15, 0.2) is 24.3 Å². The average molecular weight is 347 g/mol. The number of amides is 1. The molecule has 1 saturated heterocycles. The smallest absolute Gasteiger partial charge is 0.237 e. The van der Waals surface area contributed by atoms with Gasteiger partial charge < -0.3 is 16.0 Å². The van der Waals surface area contributed by atoms with Gasteiger partial charge in [-0.25, -0.2) is 0 Å². The predicted octanol–water partition coefficient (Wildman–Crippen LogP) is 1.81. The second-order valence-electron chi connectivity index (χ2n) is 7.11. The number of nitrogens with zero attached hydrogens (tertiary/aromatic N) is 2. The van der Waals surface area contributed by atoms with Gasteiger partial charge in [0.05, 0.1) is 6.04 Å². The average Bonchev–Trinajstić information content (AvgIpc) is 2.66. The van der Waals surface area contributed by atoms with Crippen LogP contribution in [-0.4, -0.2) is 54.5 Å². The van der Waals surface area contributed by atoms with E-state index in [1.807, 2.05) is 13.0 Å². The molecule has 0 aliphatic carbocycles. The highest BCUT2D eigenvalue weighted by atomic mass is 16.2. The minimum atomic E-state index is -0.431. The number of piperazine rings is 1. The number of benzene rings is 1. The predicted molar refractivity (Wildman–Crippen MR) is 103 cm³/mol. The molecule has 2 atom stereocenters. The van der Waals surface area contributed by atoms with Gasteiger partial charge in [-0.15, -0.1) is 0 Å². The van der Waals surface area contributed by atoms with Crippen LogP contribution in [0.2, 0.25) is 0 Å². The topological polar surface area (TPSA) is 61.6 Å². The quantitative estimate of drug-likeness (QED) is 0.754. The van der Waals surface area contributed by atoms with Crippen LogP contribution < -0.4 is 11.1 Å². The first kappa shape index (κ1) is 19.9. The van der Waals surface area contributed by atoms with Crippen LogP contribution in [0.1, 0.15) is 38.3 Å². The van der Waals surface area contributed by atoms with Gasteiger partial charge in [0.15, 0.2) is 0 Å². The molecule has 0 aromatic heterocycles. The number of nitrogens with one attached hydrogen (secondary N) is 1. The lowest BCUT2D eigenvalue weighted by Gasteiger charge is -2.34. The Balaban J connectivity index is 1.91. The largest absolute Gasteiger partial charge is 0.351 e. The van der Waals surface area contributed by atoms with Crippen LogP contribution in [0.3, 0.4) is 0 Å². The number of likely N-dealkylation sites (N-methyl/N-ethyl adjacent to an activating group) is 1. The van der Waals surface area contributed by atoms with Gasteiger partial charge in [0.25, 0.3) is 0 Å². The highest BCUT2D eigenvalue weighted by molar-refractivity contribution is 5.81. The fraction of sp³-hybridized carbons (Fsp3) is 0.650. The lowest BCUT2D eigenvalue weighted by molar-refractivity contribution is -0.123. The Morgan fingerprint density at radius 3 is 2.32 bits per heavy atom. The Morgan fingerprint density at radius 2 is 1.72 bits per heavy atom. The summed E-state index contributed by atoms with van der Waals surface area (Å²) in [6, 6.07) is 7.96. The molecule has 140 valence electrons. The summed E-state index contributed by atoms with van der Waals surface area (Å²) in [5.41, 5.74) is 8.51. The fourth-order valence-corrected chi connectivity index (χ4v) is 3.20. The van der Waals surface area contributed by atoms with Crippen LogP contribution in [0.5, 0.6) is 0 Å². The minimum absolute atomic E-state index is 0.0549. The van der Waals surface area contributed by atoms with E-state index in [-0.39, 0.29) is 11.8 Å². The number of carbonyl (C=O) groups excluding carboxylic acids is 1. The second-order valence-corrected chi connectivity index (χ2v) is 7.11. The first-order chi connectivity index (χ1) is 12.0. The molecule has 0 bridgehead atoms. The van der Waals surface area contributed by atoms with Gasteiger partial charge >= 0.3 is 0 Å². The third-order valence-electron chi connectivity index (χ3n) is 5.44. The first-order valence-corrected chi connectivity index (χ1v) is 9.59. The Bertz CT molecular complexity index is 540. The van der Waals surface area contributed by atoms with E-state index in [0.29, 0.717) is 6.54 Å². The van der Waals surface area contributed by atoms with Crippen LogP contribution in [0.4, 0.5) is 0 Å². The number of nitrogens with two attached hydrogens (primary N) is 1. The molecule has 1 amide bonds. The van der Waals surface area contributed by atoms with E-state index in [1.54, 1.807) is 0 Å². The molecule has 2 rings (SSSR count). The molecular formula is C20H34N4O. The molecule has 25 heavy (non-hydrogen) atoms. The molecule has 1 aromatic rings. The van der Waals surface area contributed by atoms with Crippen molar-refractivity contribution >= 4 is 5.91 Å². The molecule has 0 spiro atoms. The highest BCUT2D eigenvalue weighted by Crippen LogP contribution is 2.14. The lowest BCUT2D eigenvalue weighted by atomic mass is 9.99. The molecule has 1 aromatic carbocycles. The number of carbonyl (C=O) groups is 1. The van der Waals surface area contributed by atoms with E-state index in [9.17, 15) is 4.79 Å². The molecule has 0 saturated carbocycles. The summed E-state index contributed by atoms with van der Waals surface area (Å²) in [7, 11) is 0. The Labute approximate surface area is 152 Å². The van der Waals surface area contributed by atoms with Gasteiger partial charge in [-0.05, 0) is 23.6 Å². The van der Waals surface area contributed by atoms with Crippen LogP contribution >= 0.6 is 0 Å². The van der Waals surface area contributed by atoms with Crippen LogP contribution in [-0.2, 0) is 17.9 Å². The van der Waals surface area contributed by atoms with E-state index < -0.39 is 6.04 Å². The molecule has 5 heteroatoms. The third kappa shape index (κ3) is 5.80. The van der Waals surface area contributed by atoms with Crippen molar-refractivity contribution in [1.29, 1.82) is 0 Å². The standard InChI is InChI=1S/C20H34N4O/c1-4-16(3)19(21)20(25)22-14-17-8-6-7-9-18(17)15-24-12-10-23(5-2)11-13-24/h6-9,16,19H,4-5,10-15,21H2,1-3H3,(H,22,25). The zero-order valence-corrected chi connectivity index (χ0v) is 16.0. The van der Waals surface area contributed by atoms with E-state index >= 15 is 0 Å². The molecule has 5 nitrogen and oxygen atoms in total. The van der Waals surface area contributed by atoms with Gasteiger partial charge in [0.2, 0.25) is 5.91 Å². The SMILES string of the molecule is CCC(C)C(N)C(=O)NCc1ccccc1CN1CCN(CC)CC1. The summed E-state index contributed by atoms with van der Waals surface area (Å²) < 4.78 is 0. The summed E-state index contributed by atoms with van der Waals surface area (Å²) in [6.45, 7) is 13.4. The van der Waals surface area contributed by atoms with Crippen molar-refractivity contribution < 1.29 is 4.79 Å². The number of hydrogen-bond donors (Lipinski definition) is 2. The van der Waals surface area contributed by atoms with Gasteiger partial charge in [-0.1, -0.05) is 51.5 Å². The number of hydrogen-bond acceptors (Lipinski definition) is 4. The molecule has 1 aliphatic rings. The van der Waals surface area contributed by atoms with Crippen molar-refractivity contribution in [2.75, 3.05) is 32.7 Å². The normalized spacial score (nSPS) is 18.7. The monoisotopic (exact) mass is 346 g/mol. The summed E-state index contributed by atoms with van der Waals surface area (Å²) in [4.78, 5) is 17.2. The first-order valence-electron chi connectivity index (χ1n) is 9.59. The number of rotatable bonds is 8. The lowest BCUT2D eigenvalue weighted by Crippen LogP contribution is -2.46. The van der Waals surface area contributed by atoms with Gasteiger partial charge in [-0.2, -0.15) is 0 Å². The van der Waals surface area contributed by atoms with Crippen molar-refractivity contribution in [1.82, 2.24) is 15.1 Å². The second kappa shape index (κ2) is 9.90. The van der Waals surface area contributed by atoms with Crippen LogP contribution in [0, 0.1) is 5.92 Å². The Kier molecular flexibility index (Phi) is 7.88. The van der Waals surface area contributed by atoms with Crippen molar-refractivity contribution in [3.63, 3.8) is 0 Å². The molecule has 3 N–H and O–H groups in total. The molecule has 2 unspecified atom stereocenters. The molecule has 1 fully saturated rings. The van der Waals surface area contributed by atoms with Gasteiger partial charge in [0, 0.05) is 39.3 Å². The van der Waals surface area contributed by atoms with Crippen molar-refractivity contribution in [3.05, 3.63) is 35.4 Å². The van der Waals surface area contributed by atoms with Gasteiger partial charge in [0.1, 0.15) is 0 Å². The van der Waals surface area contributed by atoms with E-state index in [2.05, 4.69) is 47.2 Å². The fourth-order valence-electron chi connectivity index (χ4n) is 3.20. The maximum Gasteiger partial charge on any atom is 0.237 e. The molecular weight excluding hydrogens is 312 g/mol. The minimum Gasteiger partial charge on any atom is -0.351 e. The van der Waals surface area contributed by atoms with Crippen molar-refractivity contribution in [2.45, 2.75) is 46.3 Å². The Hall–Kier alpha value is -1.43. The van der Waals surface area contributed by atoms with Crippen molar-refractivity contribution in [3.8, 4) is 0 Å². The molecule has 0 radical (unpaired) electrons. The summed E-state index contributed by atoms with van der Waals surface area (Å²) >= 11 is 0. The van der Waals surface area contributed by atoms with Crippen molar-refractivity contribution in [2.24, 2.45) is 11.7 Å². The summed E-state index contributed by atoms with van der Waals surface area (Å²) in [6.07, 6.45) is 0.912. The maximum absolute atomic E-state index is 12.2. The summed E-state index contributed by atoms with van der Waals surface area (Å²) in [5.74, 6) is 0.144. The molecule has 1 heterocycles. The Morgan fingerprint density at radius 1 is 1.12 bits per heavy atom. The highest BCUT2D eigenvalue weighted by Gasteiger charge is 2.20. The zero-order chi connectivity index (χ0) is 18.2. The summed E-state index contributed by atoms with van der Waals surface area (Å²) in [5, 5.41) is 3.02. The van der Waals surface area contributed by atoms with Crippen LogP contribution in [0.25, 0.3) is 0 Å². The third-order valence-corrected chi connectivity index (χ3v) is 5.44. The maximum atomic E-state index is 12.2. The van der Waals surface area contributed by atoms with E-state index in [4.69, 9.17) is 5.73 Å². The van der Waals surface area contributed by atoms with E-state index in [0.717, 1.165) is 45.7 Å². The van der Waals surface area contributed by atoms with Gasteiger partial charge in [-0.3, -0.25) is 9.69 Å². The molecule has 1 aliphatic heterocycles. The zero-order valence-electron chi connectivity index (χ0n) is 16.0. The van der Waals surface area contributed by atoms with E-state index in [1.165, 1.54) is 11.1 Å².